The Morgan fingerprint density at radius 1 is 1.25 bits per heavy atom. The Balaban J connectivity index is 1.82. The van der Waals surface area contributed by atoms with Crippen LogP contribution in [0.2, 0.25) is 0 Å². The topological polar surface area (TPSA) is 56.7 Å². The van der Waals surface area contributed by atoms with Crippen LogP contribution in [0.25, 0.3) is 5.69 Å². The Kier molecular flexibility index (Phi) is 4.49. The molecule has 0 bridgehead atoms. The normalized spacial score (nSPS) is 13.2. The number of benzene rings is 1. The molecule has 0 aliphatic heterocycles. The highest BCUT2D eigenvalue weighted by Crippen LogP contribution is 2.35. The van der Waals surface area contributed by atoms with Crippen LogP contribution in [0.4, 0.5) is 0 Å². The third-order valence-electron chi connectivity index (χ3n) is 3.63. The van der Waals surface area contributed by atoms with E-state index in [1.54, 1.807) is 11.8 Å². The molecule has 0 aliphatic rings. The lowest BCUT2D eigenvalue weighted by Gasteiger charge is -2.12. The zero-order valence-electron chi connectivity index (χ0n) is 14.6. The smallest absolute Gasteiger partial charge is 0.239 e. The standard InChI is InChI=1S/C18H22N4OS/c1-12-7-6-8-14(11-12)22-10-9-19-17(22)24-13(2)15-20-16(21-23-15)18(3,4)5/h6-11,13H,1-5H3/t13-/m1/s1. The van der Waals surface area contributed by atoms with Crippen LogP contribution in [-0.2, 0) is 5.41 Å². The third-order valence-corrected chi connectivity index (χ3v) is 4.70. The molecule has 0 radical (unpaired) electrons. The molecular formula is C18H22N4OS. The molecule has 0 fully saturated rings. The van der Waals surface area contributed by atoms with Gasteiger partial charge in [-0.05, 0) is 31.5 Å². The van der Waals surface area contributed by atoms with Crippen LogP contribution in [-0.4, -0.2) is 19.7 Å². The number of hydrogen-bond acceptors (Lipinski definition) is 5. The van der Waals surface area contributed by atoms with Crippen LogP contribution in [0.3, 0.4) is 0 Å². The highest BCUT2D eigenvalue weighted by molar-refractivity contribution is 7.99. The summed E-state index contributed by atoms with van der Waals surface area (Å²) < 4.78 is 7.53. The van der Waals surface area contributed by atoms with E-state index in [1.807, 2.05) is 12.4 Å². The maximum atomic E-state index is 5.45. The van der Waals surface area contributed by atoms with Crippen molar-refractivity contribution in [3.05, 3.63) is 53.9 Å². The first-order valence-electron chi connectivity index (χ1n) is 7.96. The summed E-state index contributed by atoms with van der Waals surface area (Å²) in [6.45, 7) is 10.4. The molecule has 1 aromatic carbocycles. The van der Waals surface area contributed by atoms with E-state index in [0.717, 1.165) is 16.7 Å². The maximum Gasteiger partial charge on any atom is 0.239 e. The van der Waals surface area contributed by atoms with E-state index in [-0.39, 0.29) is 10.7 Å². The van der Waals surface area contributed by atoms with Crippen molar-refractivity contribution in [3.8, 4) is 5.69 Å². The maximum absolute atomic E-state index is 5.45. The highest BCUT2D eigenvalue weighted by Gasteiger charge is 2.24. The van der Waals surface area contributed by atoms with Crippen molar-refractivity contribution in [1.82, 2.24) is 19.7 Å². The van der Waals surface area contributed by atoms with Crippen molar-refractivity contribution in [2.45, 2.75) is 50.4 Å². The Labute approximate surface area is 146 Å². The first-order chi connectivity index (χ1) is 11.3. The monoisotopic (exact) mass is 342 g/mol. The molecule has 0 unspecified atom stereocenters. The molecule has 24 heavy (non-hydrogen) atoms. The van der Waals surface area contributed by atoms with Crippen molar-refractivity contribution < 1.29 is 4.52 Å². The summed E-state index contributed by atoms with van der Waals surface area (Å²) in [6.07, 6.45) is 3.78. The second-order valence-electron chi connectivity index (χ2n) is 6.89. The average Bonchev–Trinajstić information content (AvgIpc) is 3.15. The van der Waals surface area contributed by atoms with Crippen molar-refractivity contribution in [3.63, 3.8) is 0 Å². The fourth-order valence-electron chi connectivity index (χ4n) is 2.26. The van der Waals surface area contributed by atoms with Gasteiger partial charge in [-0.25, -0.2) is 4.98 Å². The van der Waals surface area contributed by atoms with Gasteiger partial charge in [0.25, 0.3) is 0 Å². The lowest BCUT2D eigenvalue weighted by atomic mass is 9.96. The summed E-state index contributed by atoms with van der Waals surface area (Å²) in [5, 5.41) is 5.04. The van der Waals surface area contributed by atoms with Gasteiger partial charge in [-0.15, -0.1) is 0 Å². The van der Waals surface area contributed by atoms with E-state index >= 15 is 0 Å². The van der Waals surface area contributed by atoms with Gasteiger partial charge in [-0.2, -0.15) is 4.98 Å². The van der Waals surface area contributed by atoms with Crippen LogP contribution >= 0.6 is 11.8 Å². The Bertz CT molecular complexity index is 831. The van der Waals surface area contributed by atoms with E-state index in [4.69, 9.17) is 4.52 Å². The van der Waals surface area contributed by atoms with Crippen LogP contribution in [0, 0.1) is 6.92 Å². The summed E-state index contributed by atoms with van der Waals surface area (Å²) in [7, 11) is 0. The minimum absolute atomic E-state index is 0.0274. The largest absolute Gasteiger partial charge is 0.338 e. The van der Waals surface area contributed by atoms with Gasteiger partial charge < -0.3 is 4.52 Å². The van der Waals surface area contributed by atoms with Crippen LogP contribution in [0.1, 0.15) is 50.2 Å². The summed E-state index contributed by atoms with van der Waals surface area (Å²) in [4.78, 5) is 9.02. The number of imidazole rings is 1. The summed E-state index contributed by atoms with van der Waals surface area (Å²) in [6, 6.07) is 8.35. The van der Waals surface area contributed by atoms with Crippen LogP contribution in [0.5, 0.6) is 0 Å². The van der Waals surface area contributed by atoms with Gasteiger partial charge in [0.1, 0.15) is 0 Å². The third kappa shape index (κ3) is 3.53. The van der Waals surface area contributed by atoms with E-state index in [2.05, 4.69) is 78.6 Å². The molecule has 0 saturated carbocycles. The molecule has 0 spiro atoms. The minimum Gasteiger partial charge on any atom is -0.338 e. The highest BCUT2D eigenvalue weighted by atomic mass is 32.2. The van der Waals surface area contributed by atoms with Gasteiger partial charge >= 0.3 is 0 Å². The van der Waals surface area contributed by atoms with Crippen LogP contribution in [0.15, 0.2) is 46.3 Å². The molecule has 2 heterocycles. The van der Waals surface area contributed by atoms with E-state index < -0.39 is 0 Å². The fourth-order valence-corrected chi connectivity index (χ4v) is 3.18. The zero-order chi connectivity index (χ0) is 17.3. The average molecular weight is 342 g/mol. The van der Waals surface area contributed by atoms with Gasteiger partial charge in [-0.3, -0.25) is 4.57 Å². The van der Waals surface area contributed by atoms with Gasteiger partial charge in [-0.1, -0.05) is 49.8 Å². The van der Waals surface area contributed by atoms with E-state index in [1.165, 1.54) is 5.56 Å². The molecule has 126 valence electrons. The van der Waals surface area contributed by atoms with Crippen LogP contribution < -0.4 is 0 Å². The fraction of sp³-hybridized carbons (Fsp3) is 0.389. The molecule has 3 rings (SSSR count). The number of rotatable bonds is 4. The van der Waals surface area contributed by atoms with Crippen molar-refractivity contribution in [2.24, 2.45) is 0 Å². The second-order valence-corrected chi connectivity index (χ2v) is 8.19. The Morgan fingerprint density at radius 2 is 2.04 bits per heavy atom. The van der Waals surface area contributed by atoms with Gasteiger partial charge in [0.2, 0.25) is 5.89 Å². The van der Waals surface area contributed by atoms with Gasteiger partial charge in [0.05, 0.1) is 5.25 Å². The first kappa shape index (κ1) is 16.8. The lowest BCUT2D eigenvalue weighted by Crippen LogP contribution is -2.13. The molecule has 5 nitrogen and oxygen atoms in total. The number of aromatic nitrogens is 4. The molecule has 6 heteroatoms. The number of hydrogen-bond donors (Lipinski definition) is 0. The number of nitrogens with zero attached hydrogens (tertiary/aromatic N) is 4. The summed E-state index contributed by atoms with van der Waals surface area (Å²) >= 11 is 1.61. The van der Waals surface area contributed by atoms with E-state index in [9.17, 15) is 0 Å². The Hall–Kier alpha value is -2.08. The molecule has 0 amide bonds. The predicted octanol–water partition coefficient (Wildman–Crippen LogP) is 4.71. The Morgan fingerprint density at radius 3 is 2.71 bits per heavy atom. The van der Waals surface area contributed by atoms with Gasteiger partial charge in [0, 0.05) is 23.5 Å². The lowest BCUT2D eigenvalue weighted by molar-refractivity contribution is 0.364. The zero-order valence-corrected chi connectivity index (χ0v) is 15.5. The molecule has 0 saturated heterocycles. The molecule has 0 aliphatic carbocycles. The SMILES string of the molecule is Cc1cccc(-n2ccnc2S[C@H](C)c2nc(C(C)(C)C)no2)c1. The second kappa shape index (κ2) is 6.43. The molecule has 0 N–H and O–H groups in total. The number of aryl methyl sites for hydroxylation is 1. The minimum atomic E-state index is -0.119. The van der Waals surface area contributed by atoms with Crippen molar-refractivity contribution in [1.29, 1.82) is 0 Å². The van der Waals surface area contributed by atoms with Crippen molar-refractivity contribution in [2.75, 3.05) is 0 Å². The molecule has 3 aromatic rings. The summed E-state index contributed by atoms with van der Waals surface area (Å²) in [5.41, 5.74) is 2.20. The quantitative estimate of drug-likeness (QED) is 0.642. The predicted molar refractivity (Wildman–Crippen MR) is 95.6 cm³/mol. The molecular weight excluding hydrogens is 320 g/mol. The first-order valence-corrected chi connectivity index (χ1v) is 8.83. The molecule has 1 atom stereocenters. The van der Waals surface area contributed by atoms with E-state index in [0.29, 0.717) is 5.89 Å². The molecule has 2 aromatic heterocycles. The number of thioether (sulfide) groups is 1. The van der Waals surface area contributed by atoms with Crippen molar-refractivity contribution >= 4 is 11.8 Å². The van der Waals surface area contributed by atoms with Gasteiger partial charge in [0.15, 0.2) is 11.0 Å². The summed E-state index contributed by atoms with van der Waals surface area (Å²) in [5.74, 6) is 1.36.